The molecule has 0 fully saturated rings. The highest BCUT2D eigenvalue weighted by atomic mass is 16.5. The molecule has 2 N–H and O–H groups in total. The van der Waals surface area contributed by atoms with Gasteiger partial charge < -0.3 is 29.2 Å². The van der Waals surface area contributed by atoms with Gasteiger partial charge in [0.05, 0.1) is 33.5 Å². The average Bonchev–Trinajstić information content (AvgIpc) is 3.13. The first-order chi connectivity index (χ1) is 14.9. The average molecular weight is 433 g/mol. The van der Waals surface area contributed by atoms with Gasteiger partial charge in [-0.1, -0.05) is 6.07 Å². The van der Waals surface area contributed by atoms with Crippen molar-refractivity contribution < 1.29 is 19.3 Å². The zero-order chi connectivity index (χ0) is 22.7. The van der Waals surface area contributed by atoms with Crippen LogP contribution in [-0.2, 0) is 25.4 Å². The fourth-order valence-electron chi connectivity index (χ4n) is 3.49. The zero-order valence-electron chi connectivity index (χ0n) is 18.2. The lowest BCUT2D eigenvalue weighted by molar-refractivity contribution is 0.186. The Bertz CT molecular complexity index is 1200. The number of aliphatic hydroxyl groups excluding tert-OH is 1. The lowest BCUT2D eigenvalue weighted by Gasteiger charge is -2.21. The van der Waals surface area contributed by atoms with Crippen LogP contribution in [0.15, 0.2) is 27.8 Å². The standard InChI is InChI=1S/C20H27N5O6/c1-23-17-16(18(27)24(2)20(23)28)25(8-9-26)19(22-17)21-13(11-29-3)12-6-7-14(30-4)15(10-12)31-5/h6-7,10,13,26H,8-9,11H2,1-5H3,(H,21,22)/t13-/m1/s1. The highest BCUT2D eigenvalue weighted by Crippen LogP contribution is 2.31. The van der Waals surface area contributed by atoms with Gasteiger partial charge in [0.15, 0.2) is 22.7 Å². The Morgan fingerprint density at radius 1 is 1.10 bits per heavy atom. The van der Waals surface area contributed by atoms with Crippen molar-refractivity contribution in [3.63, 3.8) is 0 Å². The van der Waals surface area contributed by atoms with Crippen LogP contribution in [0.2, 0.25) is 0 Å². The number of aliphatic hydroxyl groups is 1. The van der Waals surface area contributed by atoms with E-state index in [2.05, 4.69) is 10.3 Å². The number of nitrogens with zero attached hydrogens (tertiary/aromatic N) is 4. The molecule has 0 unspecified atom stereocenters. The molecule has 0 amide bonds. The summed E-state index contributed by atoms with van der Waals surface area (Å²) in [6.45, 7) is 0.199. The second-order valence-corrected chi connectivity index (χ2v) is 6.96. The Hall–Kier alpha value is -3.31. The molecule has 0 spiro atoms. The summed E-state index contributed by atoms with van der Waals surface area (Å²) < 4.78 is 20.0. The van der Waals surface area contributed by atoms with Gasteiger partial charge in [-0.25, -0.2) is 4.79 Å². The van der Waals surface area contributed by atoms with Crippen LogP contribution in [0.5, 0.6) is 11.5 Å². The lowest BCUT2D eigenvalue weighted by atomic mass is 10.1. The molecule has 0 aliphatic rings. The molecule has 0 aliphatic heterocycles. The summed E-state index contributed by atoms with van der Waals surface area (Å²) in [5, 5.41) is 12.9. The molecule has 0 bridgehead atoms. The third-order valence-corrected chi connectivity index (χ3v) is 5.12. The normalized spacial score (nSPS) is 12.2. The van der Waals surface area contributed by atoms with E-state index < -0.39 is 11.2 Å². The number of hydrogen-bond acceptors (Lipinski definition) is 8. The third-order valence-electron chi connectivity index (χ3n) is 5.12. The van der Waals surface area contributed by atoms with Crippen LogP contribution in [0, 0.1) is 0 Å². The molecular weight excluding hydrogens is 406 g/mol. The molecule has 11 heteroatoms. The van der Waals surface area contributed by atoms with E-state index in [4.69, 9.17) is 14.2 Å². The third kappa shape index (κ3) is 4.01. The quantitative estimate of drug-likeness (QED) is 0.492. The number of nitrogens with one attached hydrogen (secondary N) is 1. The molecule has 3 aromatic rings. The Morgan fingerprint density at radius 2 is 1.81 bits per heavy atom. The van der Waals surface area contributed by atoms with E-state index in [-0.39, 0.29) is 37.0 Å². The van der Waals surface area contributed by atoms with E-state index in [1.54, 1.807) is 39.0 Å². The number of fused-ring (bicyclic) bond motifs is 1. The van der Waals surface area contributed by atoms with Crippen molar-refractivity contribution in [1.29, 1.82) is 0 Å². The molecule has 0 saturated carbocycles. The van der Waals surface area contributed by atoms with Crippen molar-refractivity contribution in [1.82, 2.24) is 18.7 Å². The predicted molar refractivity (Wildman–Crippen MR) is 115 cm³/mol. The first-order valence-electron chi connectivity index (χ1n) is 9.62. The van der Waals surface area contributed by atoms with E-state index in [0.717, 1.165) is 10.1 Å². The zero-order valence-corrected chi connectivity index (χ0v) is 18.2. The van der Waals surface area contributed by atoms with E-state index in [0.29, 0.717) is 17.4 Å². The fourth-order valence-corrected chi connectivity index (χ4v) is 3.49. The number of anilines is 1. The van der Waals surface area contributed by atoms with Gasteiger partial charge in [0, 0.05) is 27.7 Å². The fraction of sp³-hybridized carbons (Fsp3) is 0.450. The van der Waals surface area contributed by atoms with Crippen molar-refractivity contribution in [2.24, 2.45) is 14.1 Å². The molecule has 1 aromatic carbocycles. The van der Waals surface area contributed by atoms with Crippen LogP contribution in [0.3, 0.4) is 0 Å². The molecule has 31 heavy (non-hydrogen) atoms. The van der Waals surface area contributed by atoms with Crippen molar-refractivity contribution in [2.45, 2.75) is 12.6 Å². The van der Waals surface area contributed by atoms with Gasteiger partial charge in [0.2, 0.25) is 5.95 Å². The predicted octanol–water partition coefficient (Wildman–Crippen LogP) is 0.243. The molecular formula is C20H27N5O6. The first kappa shape index (κ1) is 22.4. The topological polar surface area (TPSA) is 122 Å². The van der Waals surface area contributed by atoms with E-state index in [9.17, 15) is 14.7 Å². The Labute approximate surface area is 178 Å². The SMILES string of the molecule is COC[C@@H](Nc1nc2c(c(=O)n(C)c(=O)n2C)n1CCO)c1ccc(OC)c(OC)c1. The van der Waals surface area contributed by atoms with Gasteiger partial charge in [-0.3, -0.25) is 13.9 Å². The monoisotopic (exact) mass is 433 g/mol. The van der Waals surface area contributed by atoms with E-state index >= 15 is 0 Å². The Balaban J connectivity index is 2.14. The number of benzene rings is 1. The molecule has 2 heterocycles. The summed E-state index contributed by atoms with van der Waals surface area (Å²) in [5.74, 6) is 1.48. The van der Waals surface area contributed by atoms with Gasteiger partial charge in [-0.15, -0.1) is 0 Å². The minimum atomic E-state index is -0.485. The summed E-state index contributed by atoms with van der Waals surface area (Å²) in [6.07, 6.45) is 0. The number of ether oxygens (including phenoxy) is 3. The van der Waals surface area contributed by atoms with Gasteiger partial charge >= 0.3 is 5.69 Å². The molecule has 0 radical (unpaired) electrons. The molecule has 3 rings (SSSR count). The number of rotatable bonds is 9. The molecule has 0 saturated heterocycles. The van der Waals surface area contributed by atoms with Crippen molar-refractivity contribution in [3.8, 4) is 11.5 Å². The number of imidazole rings is 1. The number of methoxy groups -OCH3 is 3. The maximum atomic E-state index is 12.8. The highest BCUT2D eigenvalue weighted by Gasteiger charge is 2.22. The van der Waals surface area contributed by atoms with Crippen LogP contribution in [-0.4, -0.2) is 58.3 Å². The summed E-state index contributed by atoms with van der Waals surface area (Å²) in [7, 11) is 7.64. The molecule has 2 aromatic heterocycles. The van der Waals surface area contributed by atoms with E-state index in [1.807, 2.05) is 12.1 Å². The maximum absolute atomic E-state index is 12.8. The minimum Gasteiger partial charge on any atom is -0.493 e. The number of hydrogen-bond donors (Lipinski definition) is 2. The highest BCUT2D eigenvalue weighted by molar-refractivity contribution is 5.74. The molecule has 168 valence electrons. The largest absolute Gasteiger partial charge is 0.493 e. The summed E-state index contributed by atoms with van der Waals surface area (Å²) in [6, 6.07) is 5.11. The lowest BCUT2D eigenvalue weighted by Crippen LogP contribution is -2.37. The van der Waals surface area contributed by atoms with Crippen molar-refractivity contribution in [3.05, 3.63) is 44.6 Å². The number of aryl methyl sites for hydroxylation is 1. The first-order valence-corrected chi connectivity index (χ1v) is 9.62. The van der Waals surface area contributed by atoms with Gasteiger partial charge in [0.1, 0.15) is 0 Å². The van der Waals surface area contributed by atoms with E-state index in [1.165, 1.54) is 11.6 Å². The second kappa shape index (κ2) is 9.23. The minimum absolute atomic E-state index is 0.123. The second-order valence-electron chi connectivity index (χ2n) is 6.96. The van der Waals surface area contributed by atoms with Crippen LogP contribution in [0.1, 0.15) is 11.6 Å². The molecule has 0 aliphatic carbocycles. The number of aromatic nitrogens is 4. The van der Waals surface area contributed by atoms with Crippen LogP contribution >= 0.6 is 0 Å². The van der Waals surface area contributed by atoms with Crippen LogP contribution < -0.4 is 26.0 Å². The maximum Gasteiger partial charge on any atom is 0.332 e. The summed E-state index contributed by atoms with van der Waals surface area (Å²) in [5.41, 5.74) is 0.327. The smallest absolute Gasteiger partial charge is 0.332 e. The van der Waals surface area contributed by atoms with Gasteiger partial charge in [-0.2, -0.15) is 4.98 Å². The van der Waals surface area contributed by atoms with Crippen LogP contribution in [0.4, 0.5) is 5.95 Å². The Morgan fingerprint density at radius 3 is 2.42 bits per heavy atom. The summed E-state index contributed by atoms with van der Waals surface area (Å²) in [4.78, 5) is 29.6. The van der Waals surface area contributed by atoms with Gasteiger partial charge in [0.25, 0.3) is 5.56 Å². The summed E-state index contributed by atoms with van der Waals surface area (Å²) >= 11 is 0. The Kier molecular flexibility index (Phi) is 6.66. The molecule has 11 nitrogen and oxygen atoms in total. The van der Waals surface area contributed by atoms with Gasteiger partial charge in [-0.05, 0) is 17.7 Å². The van der Waals surface area contributed by atoms with Crippen molar-refractivity contribution in [2.75, 3.05) is 39.9 Å². The molecule has 1 atom stereocenters. The van der Waals surface area contributed by atoms with Crippen LogP contribution in [0.25, 0.3) is 11.2 Å². The van der Waals surface area contributed by atoms with Crippen molar-refractivity contribution >= 4 is 17.1 Å².